The van der Waals surface area contributed by atoms with Crippen molar-refractivity contribution in [2.24, 2.45) is 14.1 Å². The molecule has 63 heavy (non-hydrogen) atoms. The number of nitrogens with one attached hydrogen (secondary N) is 1. The van der Waals surface area contributed by atoms with Crippen molar-refractivity contribution >= 4 is 51.1 Å². The zero-order valence-corrected chi connectivity index (χ0v) is 35.1. The molecule has 2 atom stereocenters. The van der Waals surface area contributed by atoms with Crippen LogP contribution in [0.5, 0.6) is 0 Å². The molecule has 338 valence electrons. The van der Waals surface area contributed by atoms with Crippen molar-refractivity contribution in [3.05, 3.63) is 124 Å². The summed E-state index contributed by atoms with van der Waals surface area (Å²) in [4.78, 5) is 54.5. The zero-order chi connectivity index (χ0) is 47.1. The number of carbonyl (C=O) groups is 2. The molecule has 1 aliphatic heterocycles. The molecule has 4 heterocycles. The molecule has 6 rings (SSSR count). The van der Waals surface area contributed by atoms with Crippen LogP contribution in [0, 0.1) is 29.1 Å². The summed E-state index contributed by atoms with van der Waals surface area (Å²) in [7, 11) is 2.74. The van der Waals surface area contributed by atoms with Gasteiger partial charge in [0.05, 0.1) is 39.0 Å². The second-order valence-electron chi connectivity index (χ2n) is 14.2. The lowest BCUT2D eigenvalue weighted by Gasteiger charge is -2.38. The van der Waals surface area contributed by atoms with Gasteiger partial charge in [-0.15, -0.1) is 0 Å². The number of rotatable bonds is 7. The SMILES string of the molecule is Cc1cc(C(F)(F)F)c(-c2ccc(C[C@H](NC(=O)c3c(F)cc(N4CCOC[C@@H]4C(F)(F)F)cc3F)C(=O)O)c3cccnc23)c(=O)n1C.Cc1cc(C(F)(F)F)c(I)c(=O)n1C. The quantitative estimate of drug-likeness (QED) is 0.125. The van der Waals surface area contributed by atoms with Crippen LogP contribution in [-0.2, 0) is 42.4 Å². The van der Waals surface area contributed by atoms with Crippen molar-refractivity contribution in [1.29, 1.82) is 0 Å². The number of nitrogens with zero attached hydrogens (tertiary/aromatic N) is 4. The highest BCUT2D eigenvalue weighted by molar-refractivity contribution is 14.1. The maximum Gasteiger partial charge on any atom is 0.417 e. The summed E-state index contributed by atoms with van der Waals surface area (Å²) in [5, 5.41) is 12.0. The van der Waals surface area contributed by atoms with Crippen LogP contribution in [0.3, 0.4) is 0 Å². The Balaban J connectivity index is 0.000000455. The maximum absolute atomic E-state index is 15.1. The van der Waals surface area contributed by atoms with E-state index in [1.165, 1.54) is 79.5 Å². The summed E-state index contributed by atoms with van der Waals surface area (Å²) in [5.41, 5.74) is -5.89. The first-order valence-electron chi connectivity index (χ1n) is 18.2. The van der Waals surface area contributed by atoms with Gasteiger partial charge in [0.1, 0.15) is 29.3 Å². The number of carboxylic acids is 1. The number of fused-ring (bicyclic) bond motifs is 1. The van der Waals surface area contributed by atoms with Gasteiger partial charge in [-0.05, 0) is 72.3 Å². The van der Waals surface area contributed by atoms with Crippen molar-refractivity contribution < 1.29 is 67.7 Å². The number of ether oxygens (including phenoxy) is 1. The summed E-state index contributed by atoms with van der Waals surface area (Å²) in [6.07, 6.45) is -13.5. The Morgan fingerprint density at radius 3 is 2.02 bits per heavy atom. The van der Waals surface area contributed by atoms with Crippen LogP contribution in [0.4, 0.5) is 54.0 Å². The summed E-state index contributed by atoms with van der Waals surface area (Å²) in [5.74, 6) is -6.29. The van der Waals surface area contributed by atoms with E-state index in [4.69, 9.17) is 4.74 Å². The van der Waals surface area contributed by atoms with E-state index in [9.17, 15) is 63.8 Å². The number of hydrogen-bond acceptors (Lipinski definition) is 7. The molecule has 1 aliphatic rings. The number of alkyl halides is 9. The third kappa shape index (κ3) is 10.3. The van der Waals surface area contributed by atoms with Gasteiger partial charge < -0.3 is 29.2 Å². The number of amides is 1. The van der Waals surface area contributed by atoms with Crippen molar-refractivity contribution in [3.63, 3.8) is 0 Å². The Labute approximate surface area is 362 Å². The fourth-order valence-corrected chi connectivity index (χ4v) is 7.51. The van der Waals surface area contributed by atoms with E-state index in [0.717, 1.165) is 22.8 Å². The fourth-order valence-electron chi connectivity index (χ4n) is 6.69. The van der Waals surface area contributed by atoms with E-state index < -0.39 is 106 Å². The molecule has 3 aromatic heterocycles. The number of hydrogen-bond donors (Lipinski definition) is 2. The van der Waals surface area contributed by atoms with Gasteiger partial charge in [0.15, 0.2) is 0 Å². The summed E-state index contributed by atoms with van der Waals surface area (Å²) < 4.78 is 157. The van der Waals surface area contributed by atoms with Crippen LogP contribution in [-0.4, -0.2) is 69.1 Å². The van der Waals surface area contributed by atoms with Gasteiger partial charge in [-0.25, -0.2) is 13.6 Å². The van der Waals surface area contributed by atoms with E-state index in [2.05, 4.69) is 4.98 Å². The summed E-state index contributed by atoms with van der Waals surface area (Å²) in [6, 6.07) is 4.01. The number of morpholine rings is 1. The Morgan fingerprint density at radius 2 is 1.46 bits per heavy atom. The van der Waals surface area contributed by atoms with Gasteiger partial charge in [-0.2, -0.15) is 39.5 Å². The van der Waals surface area contributed by atoms with Crippen LogP contribution >= 0.6 is 22.6 Å². The molecular weight excluding hydrogens is 982 g/mol. The average Bonchev–Trinajstić information content (AvgIpc) is 3.19. The molecule has 5 aromatic rings. The molecule has 0 radical (unpaired) electrons. The van der Waals surface area contributed by atoms with E-state index in [0.29, 0.717) is 22.7 Å². The lowest BCUT2D eigenvalue weighted by Crippen LogP contribution is -2.53. The number of pyridine rings is 3. The topological polar surface area (TPSA) is 136 Å². The van der Waals surface area contributed by atoms with Crippen LogP contribution in [0.1, 0.15) is 38.4 Å². The minimum atomic E-state index is -4.92. The minimum Gasteiger partial charge on any atom is -0.480 e. The third-order valence-electron chi connectivity index (χ3n) is 10.1. The van der Waals surface area contributed by atoms with Crippen molar-refractivity contribution in [2.75, 3.05) is 24.7 Å². The highest BCUT2D eigenvalue weighted by Crippen LogP contribution is 2.39. The molecular formula is C40H33F11IN5O6. The van der Waals surface area contributed by atoms with Gasteiger partial charge in [-0.1, -0.05) is 18.2 Å². The number of carboxylic acid groups (broad SMARTS) is 1. The first-order valence-corrected chi connectivity index (χ1v) is 19.2. The number of aryl methyl sites for hydroxylation is 2. The second kappa shape index (κ2) is 18.3. The molecule has 11 nitrogen and oxygen atoms in total. The number of benzene rings is 2. The fraction of sp³-hybridized carbons (Fsp3) is 0.325. The van der Waals surface area contributed by atoms with E-state index in [-0.39, 0.29) is 44.4 Å². The maximum atomic E-state index is 15.1. The van der Waals surface area contributed by atoms with Gasteiger partial charge in [0.25, 0.3) is 17.0 Å². The molecule has 1 fully saturated rings. The number of anilines is 1. The predicted molar refractivity (Wildman–Crippen MR) is 213 cm³/mol. The Bertz CT molecular complexity index is 2690. The lowest BCUT2D eigenvalue weighted by atomic mass is 9.93. The third-order valence-corrected chi connectivity index (χ3v) is 11.2. The molecule has 0 saturated carbocycles. The molecule has 2 aromatic carbocycles. The van der Waals surface area contributed by atoms with Crippen molar-refractivity contribution in [3.8, 4) is 11.1 Å². The molecule has 23 heteroatoms. The molecule has 0 bridgehead atoms. The molecule has 0 spiro atoms. The summed E-state index contributed by atoms with van der Waals surface area (Å²) in [6.45, 7) is 1.50. The standard InChI is InChI=1S/C32H26F8N4O5.C8H7F3INO/c1-15-10-20(31(35,36)37)25(29(46)43(15)2)19-6-5-16(18-4-3-7-41-27(18)19)11-23(30(47)48)42-28(45)26-21(33)12-17(13-22(26)34)44-8-9-49-14-24(44)32(38,39)40;1-4-3-5(8(9,10)11)6(12)7(14)13(4)2/h3-7,10,12-13,23-24H,8-9,11,14H2,1-2H3,(H,42,45)(H,47,48);3H,1-2H3/t23-,24+;/m0./s1. The molecule has 2 N–H and O–H groups in total. The van der Waals surface area contributed by atoms with Gasteiger partial charge in [-0.3, -0.25) is 19.4 Å². The lowest BCUT2D eigenvalue weighted by molar-refractivity contribution is -0.167. The normalized spacial score (nSPS) is 15.2. The predicted octanol–water partition coefficient (Wildman–Crippen LogP) is 7.72. The first kappa shape index (κ1) is 48.4. The van der Waals surface area contributed by atoms with Crippen LogP contribution in [0.2, 0.25) is 0 Å². The smallest absolute Gasteiger partial charge is 0.417 e. The molecule has 0 unspecified atom stereocenters. The highest BCUT2D eigenvalue weighted by atomic mass is 127. The van der Waals surface area contributed by atoms with Gasteiger partial charge >= 0.3 is 24.5 Å². The number of halogens is 12. The largest absolute Gasteiger partial charge is 0.480 e. The average molecular weight is 1020 g/mol. The number of aromatic nitrogens is 3. The molecule has 1 saturated heterocycles. The van der Waals surface area contributed by atoms with Crippen LogP contribution in [0.25, 0.3) is 22.0 Å². The second-order valence-corrected chi connectivity index (χ2v) is 15.2. The Hall–Kier alpha value is -5.59. The van der Waals surface area contributed by atoms with Gasteiger partial charge in [0, 0.05) is 61.3 Å². The first-order chi connectivity index (χ1) is 29.1. The van der Waals surface area contributed by atoms with E-state index in [1.807, 2.05) is 5.32 Å². The van der Waals surface area contributed by atoms with Gasteiger partial charge in [0.2, 0.25) is 0 Å². The van der Waals surface area contributed by atoms with E-state index in [1.54, 1.807) is 0 Å². The van der Waals surface area contributed by atoms with Crippen molar-refractivity contribution in [1.82, 2.24) is 19.4 Å². The number of carbonyl (C=O) groups excluding carboxylic acids is 1. The Morgan fingerprint density at radius 1 is 0.889 bits per heavy atom. The van der Waals surface area contributed by atoms with Crippen LogP contribution < -0.4 is 21.3 Å². The minimum absolute atomic E-state index is 0.0455. The van der Waals surface area contributed by atoms with E-state index >= 15 is 8.78 Å². The van der Waals surface area contributed by atoms with Crippen LogP contribution in [0.15, 0.2) is 64.3 Å². The number of aliphatic carboxylic acids is 1. The summed E-state index contributed by atoms with van der Waals surface area (Å²) >= 11 is 1.42. The molecule has 1 amide bonds. The zero-order valence-electron chi connectivity index (χ0n) is 33.0. The molecule has 0 aliphatic carbocycles. The van der Waals surface area contributed by atoms with Crippen molar-refractivity contribution in [2.45, 2.75) is 50.9 Å². The monoisotopic (exact) mass is 1020 g/mol. The highest BCUT2D eigenvalue weighted by Gasteiger charge is 2.46. The Kier molecular flexibility index (Phi) is 14.0.